The van der Waals surface area contributed by atoms with Gasteiger partial charge in [-0.25, -0.2) is 0 Å². The Labute approximate surface area is 121 Å². The quantitative estimate of drug-likeness (QED) is 0.650. The first-order valence-electron chi connectivity index (χ1n) is 6.28. The smallest absolute Gasteiger partial charge is 0.269 e. The first-order valence-corrected chi connectivity index (χ1v) is 6.28. The van der Waals surface area contributed by atoms with Crippen molar-refractivity contribution in [2.24, 2.45) is 5.73 Å². The Morgan fingerprint density at radius 3 is 2.57 bits per heavy atom. The lowest BCUT2D eigenvalue weighted by atomic mass is 10.1. The Morgan fingerprint density at radius 2 is 1.86 bits per heavy atom. The minimum absolute atomic E-state index is 0.0265. The number of carbonyl (C=O) groups is 1. The zero-order valence-corrected chi connectivity index (χ0v) is 11.2. The number of benzene rings is 2. The van der Waals surface area contributed by atoms with Gasteiger partial charge in [0.1, 0.15) is 12.4 Å². The van der Waals surface area contributed by atoms with E-state index in [4.69, 9.17) is 10.5 Å². The highest BCUT2D eigenvalue weighted by molar-refractivity contribution is 5.76. The minimum atomic E-state index is -0.447. The van der Waals surface area contributed by atoms with Gasteiger partial charge in [-0.05, 0) is 23.3 Å². The summed E-state index contributed by atoms with van der Waals surface area (Å²) in [5, 5.41) is 10.7. The number of non-ortho nitro benzene ring substituents is 1. The van der Waals surface area contributed by atoms with Crippen LogP contribution in [0.3, 0.4) is 0 Å². The van der Waals surface area contributed by atoms with E-state index in [0.717, 1.165) is 5.56 Å². The molecule has 21 heavy (non-hydrogen) atoms. The number of nitro groups is 1. The highest BCUT2D eigenvalue weighted by Crippen LogP contribution is 2.18. The summed E-state index contributed by atoms with van der Waals surface area (Å²) in [7, 11) is 0. The lowest BCUT2D eigenvalue weighted by Crippen LogP contribution is -2.13. The van der Waals surface area contributed by atoms with Crippen molar-refractivity contribution in [1.82, 2.24) is 0 Å². The summed E-state index contributed by atoms with van der Waals surface area (Å²) >= 11 is 0. The minimum Gasteiger partial charge on any atom is -0.489 e. The van der Waals surface area contributed by atoms with Crippen LogP contribution in [0.5, 0.6) is 5.75 Å². The van der Waals surface area contributed by atoms with E-state index in [9.17, 15) is 14.9 Å². The summed E-state index contributed by atoms with van der Waals surface area (Å²) in [6.07, 6.45) is 0.147. The fraction of sp³-hybridized carbons (Fsp3) is 0.133. The van der Waals surface area contributed by atoms with Gasteiger partial charge in [0.25, 0.3) is 5.69 Å². The number of rotatable bonds is 6. The fourth-order valence-electron chi connectivity index (χ4n) is 1.87. The Bertz CT molecular complexity index is 670. The van der Waals surface area contributed by atoms with Gasteiger partial charge in [-0.2, -0.15) is 0 Å². The summed E-state index contributed by atoms with van der Waals surface area (Å²) in [6, 6.07) is 13.3. The van der Waals surface area contributed by atoms with Crippen LogP contribution in [0, 0.1) is 10.1 Å². The number of nitro benzene ring substituents is 1. The molecule has 2 rings (SSSR count). The van der Waals surface area contributed by atoms with E-state index in [1.807, 2.05) is 0 Å². The average molecular weight is 286 g/mol. The van der Waals surface area contributed by atoms with E-state index in [0.29, 0.717) is 11.3 Å². The molecule has 6 heteroatoms. The number of nitrogens with zero attached hydrogens (tertiary/aromatic N) is 1. The lowest BCUT2D eigenvalue weighted by molar-refractivity contribution is -0.384. The number of nitrogens with two attached hydrogens (primary N) is 1. The van der Waals surface area contributed by atoms with Gasteiger partial charge in [0.2, 0.25) is 5.91 Å². The van der Waals surface area contributed by atoms with E-state index >= 15 is 0 Å². The van der Waals surface area contributed by atoms with Crippen LogP contribution < -0.4 is 10.5 Å². The molecule has 0 fully saturated rings. The van der Waals surface area contributed by atoms with Gasteiger partial charge in [-0.1, -0.05) is 24.3 Å². The maximum absolute atomic E-state index is 10.9. The predicted octanol–water partition coefficient (Wildman–Crippen LogP) is 2.20. The highest BCUT2D eigenvalue weighted by atomic mass is 16.6. The molecule has 0 aliphatic carbocycles. The molecule has 2 N–H and O–H groups in total. The maximum atomic E-state index is 10.9. The topological polar surface area (TPSA) is 95.5 Å². The molecule has 0 spiro atoms. The first kappa shape index (κ1) is 14.5. The Kier molecular flexibility index (Phi) is 4.50. The zero-order chi connectivity index (χ0) is 15.2. The molecule has 0 bridgehead atoms. The van der Waals surface area contributed by atoms with Gasteiger partial charge in [-0.15, -0.1) is 0 Å². The SMILES string of the molecule is NC(=O)Cc1cccc(OCc2cccc([N+](=O)[O-])c2)c1. The molecule has 2 aromatic rings. The molecule has 0 aliphatic heterocycles. The average Bonchev–Trinajstić information content (AvgIpc) is 2.45. The molecule has 0 radical (unpaired) electrons. The molecule has 0 saturated heterocycles. The van der Waals surface area contributed by atoms with Crippen LogP contribution in [0.15, 0.2) is 48.5 Å². The van der Waals surface area contributed by atoms with Gasteiger partial charge in [0, 0.05) is 12.1 Å². The van der Waals surface area contributed by atoms with Crippen LogP contribution in [0.25, 0.3) is 0 Å². The molecule has 2 aromatic carbocycles. The molecule has 6 nitrogen and oxygen atoms in total. The first-order chi connectivity index (χ1) is 10.0. The Balaban J connectivity index is 2.04. The number of carbonyl (C=O) groups excluding carboxylic acids is 1. The van der Waals surface area contributed by atoms with Crippen molar-refractivity contribution in [1.29, 1.82) is 0 Å². The normalized spacial score (nSPS) is 10.1. The summed E-state index contributed by atoms with van der Waals surface area (Å²) in [4.78, 5) is 21.1. The van der Waals surface area contributed by atoms with Crippen LogP contribution in [-0.4, -0.2) is 10.8 Å². The van der Waals surface area contributed by atoms with E-state index in [1.165, 1.54) is 12.1 Å². The Hall–Kier alpha value is -2.89. The summed E-state index contributed by atoms with van der Waals surface area (Å²) in [6.45, 7) is 0.210. The molecular formula is C15H14N2O4. The van der Waals surface area contributed by atoms with Crippen molar-refractivity contribution < 1.29 is 14.5 Å². The van der Waals surface area contributed by atoms with E-state index < -0.39 is 10.8 Å². The van der Waals surface area contributed by atoms with Crippen LogP contribution in [0.4, 0.5) is 5.69 Å². The third kappa shape index (κ3) is 4.31. The van der Waals surface area contributed by atoms with Crippen molar-refractivity contribution in [3.05, 3.63) is 69.8 Å². The van der Waals surface area contributed by atoms with Crippen molar-refractivity contribution in [3.8, 4) is 5.75 Å². The van der Waals surface area contributed by atoms with Gasteiger partial charge in [0.05, 0.1) is 11.3 Å². The zero-order valence-electron chi connectivity index (χ0n) is 11.2. The second kappa shape index (κ2) is 6.51. The fourth-order valence-corrected chi connectivity index (χ4v) is 1.87. The monoisotopic (exact) mass is 286 g/mol. The molecule has 1 amide bonds. The van der Waals surface area contributed by atoms with Crippen molar-refractivity contribution >= 4 is 11.6 Å². The molecule has 0 atom stereocenters. The maximum Gasteiger partial charge on any atom is 0.269 e. The Morgan fingerprint density at radius 1 is 1.14 bits per heavy atom. The van der Waals surface area contributed by atoms with Gasteiger partial charge in [0.15, 0.2) is 0 Å². The van der Waals surface area contributed by atoms with Crippen LogP contribution in [-0.2, 0) is 17.8 Å². The van der Waals surface area contributed by atoms with Crippen molar-refractivity contribution in [2.45, 2.75) is 13.0 Å². The summed E-state index contributed by atoms with van der Waals surface area (Å²) < 4.78 is 5.57. The van der Waals surface area contributed by atoms with E-state index in [2.05, 4.69) is 0 Å². The van der Waals surface area contributed by atoms with Gasteiger partial charge >= 0.3 is 0 Å². The molecule has 0 aliphatic rings. The third-order valence-corrected chi connectivity index (χ3v) is 2.80. The van der Waals surface area contributed by atoms with Gasteiger partial charge in [-0.3, -0.25) is 14.9 Å². The third-order valence-electron chi connectivity index (χ3n) is 2.80. The van der Waals surface area contributed by atoms with E-state index in [-0.39, 0.29) is 18.7 Å². The summed E-state index contributed by atoms with van der Waals surface area (Å²) in [5.41, 5.74) is 6.63. The van der Waals surface area contributed by atoms with Gasteiger partial charge < -0.3 is 10.5 Å². The number of hydrogen-bond acceptors (Lipinski definition) is 4. The standard InChI is InChI=1S/C15H14N2O4/c16-15(18)9-11-3-2-6-14(8-11)21-10-12-4-1-5-13(7-12)17(19)20/h1-8H,9-10H2,(H2,16,18). The van der Waals surface area contributed by atoms with Crippen molar-refractivity contribution in [3.63, 3.8) is 0 Å². The number of ether oxygens (including phenoxy) is 1. The molecule has 0 saturated carbocycles. The largest absolute Gasteiger partial charge is 0.489 e. The van der Waals surface area contributed by atoms with Crippen molar-refractivity contribution in [2.75, 3.05) is 0 Å². The lowest BCUT2D eigenvalue weighted by Gasteiger charge is -2.07. The van der Waals surface area contributed by atoms with Crippen LogP contribution in [0.2, 0.25) is 0 Å². The molecule has 0 heterocycles. The number of amides is 1. The molecule has 108 valence electrons. The molecule has 0 aromatic heterocycles. The molecule has 0 unspecified atom stereocenters. The number of hydrogen-bond donors (Lipinski definition) is 1. The molecular weight excluding hydrogens is 272 g/mol. The van der Waals surface area contributed by atoms with Crippen LogP contribution >= 0.6 is 0 Å². The second-order valence-corrected chi connectivity index (χ2v) is 4.51. The predicted molar refractivity (Wildman–Crippen MR) is 76.8 cm³/mol. The van der Waals surface area contributed by atoms with E-state index in [1.54, 1.807) is 36.4 Å². The highest BCUT2D eigenvalue weighted by Gasteiger charge is 2.06. The van der Waals surface area contributed by atoms with Crippen LogP contribution in [0.1, 0.15) is 11.1 Å². The summed E-state index contributed by atoms with van der Waals surface area (Å²) in [5.74, 6) is 0.172. The second-order valence-electron chi connectivity index (χ2n) is 4.51. The number of primary amides is 1.